The average Bonchev–Trinajstić information content (AvgIpc) is 3.22. The van der Waals surface area contributed by atoms with Gasteiger partial charge in [-0.25, -0.2) is 0 Å². The summed E-state index contributed by atoms with van der Waals surface area (Å²) < 4.78 is 10.6. The van der Waals surface area contributed by atoms with E-state index < -0.39 is 0 Å². The normalized spacial score (nSPS) is 15.6. The predicted octanol–water partition coefficient (Wildman–Crippen LogP) is 3.60. The van der Waals surface area contributed by atoms with Crippen LogP contribution in [0.1, 0.15) is 50.9 Å². The molecule has 164 valence electrons. The zero-order valence-corrected chi connectivity index (χ0v) is 18.5. The van der Waals surface area contributed by atoms with E-state index in [9.17, 15) is 0 Å². The highest BCUT2D eigenvalue weighted by Gasteiger charge is 2.36. The second-order valence-electron chi connectivity index (χ2n) is 8.03. The summed E-state index contributed by atoms with van der Waals surface area (Å²) in [4.78, 5) is 9.25. The monoisotopic (exact) mass is 413 g/mol. The fourth-order valence-electron chi connectivity index (χ4n) is 3.73. The molecule has 0 radical (unpaired) electrons. The second kappa shape index (κ2) is 11.1. The van der Waals surface area contributed by atoms with Crippen molar-refractivity contribution in [2.45, 2.75) is 52.4 Å². The fraction of sp³-hybridized carbons (Fsp3) is 0.609. The second-order valence-corrected chi connectivity index (χ2v) is 8.03. The number of hydrogen-bond donors (Lipinski definition) is 2. The van der Waals surface area contributed by atoms with Gasteiger partial charge in [0.1, 0.15) is 0 Å². The van der Waals surface area contributed by atoms with Crippen LogP contribution in [0.3, 0.4) is 0 Å². The van der Waals surface area contributed by atoms with E-state index >= 15 is 0 Å². The first-order chi connectivity index (χ1) is 14.7. The molecule has 30 heavy (non-hydrogen) atoms. The van der Waals surface area contributed by atoms with Crippen molar-refractivity contribution in [2.75, 3.05) is 33.4 Å². The molecule has 1 aromatic heterocycles. The van der Waals surface area contributed by atoms with E-state index in [1.54, 1.807) is 7.11 Å². The summed E-state index contributed by atoms with van der Waals surface area (Å²) in [6.07, 6.45) is 6.61. The van der Waals surface area contributed by atoms with Crippen molar-refractivity contribution < 1.29 is 9.26 Å². The van der Waals surface area contributed by atoms with Gasteiger partial charge in [-0.2, -0.15) is 4.98 Å². The minimum absolute atomic E-state index is 0.334. The first kappa shape index (κ1) is 22.3. The lowest BCUT2D eigenvalue weighted by molar-refractivity contribution is 0.0778. The maximum Gasteiger partial charge on any atom is 0.257 e. The topological polar surface area (TPSA) is 84.6 Å². The van der Waals surface area contributed by atoms with Gasteiger partial charge in [-0.3, -0.25) is 4.99 Å². The number of nitrogens with one attached hydrogen (secondary N) is 2. The third-order valence-corrected chi connectivity index (χ3v) is 5.86. The zero-order chi connectivity index (χ0) is 21.2. The van der Waals surface area contributed by atoms with Gasteiger partial charge in [-0.05, 0) is 55.7 Å². The number of ether oxygens (including phenoxy) is 1. The molecule has 0 spiro atoms. The molecule has 0 saturated heterocycles. The summed E-state index contributed by atoms with van der Waals surface area (Å²) in [6, 6.07) is 8.31. The molecule has 1 heterocycles. The van der Waals surface area contributed by atoms with Crippen molar-refractivity contribution >= 4 is 5.96 Å². The van der Waals surface area contributed by atoms with Crippen LogP contribution in [0.2, 0.25) is 0 Å². The molecule has 7 nitrogen and oxygen atoms in total. The van der Waals surface area contributed by atoms with Crippen molar-refractivity contribution in [3.05, 3.63) is 35.7 Å². The Labute approximate surface area is 179 Å². The molecule has 7 heteroatoms. The highest BCUT2D eigenvalue weighted by atomic mass is 16.5. The van der Waals surface area contributed by atoms with Crippen molar-refractivity contribution in [2.24, 2.45) is 10.4 Å². The van der Waals surface area contributed by atoms with Gasteiger partial charge < -0.3 is 19.9 Å². The number of hydrogen-bond acceptors (Lipinski definition) is 5. The summed E-state index contributed by atoms with van der Waals surface area (Å²) in [5.74, 6) is 2.21. The van der Waals surface area contributed by atoms with E-state index in [1.807, 2.05) is 19.1 Å². The van der Waals surface area contributed by atoms with Crippen LogP contribution in [0, 0.1) is 5.41 Å². The Morgan fingerprint density at radius 2 is 2.00 bits per heavy atom. The lowest BCUT2D eigenvalue weighted by Crippen LogP contribution is -2.41. The molecular formula is C23H35N5O2. The first-order valence-electron chi connectivity index (χ1n) is 11.1. The molecule has 2 aromatic rings. The molecule has 0 atom stereocenters. The van der Waals surface area contributed by atoms with E-state index in [0.717, 1.165) is 62.9 Å². The van der Waals surface area contributed by atoms with Crippen molar-refractivity contribution in [1.29, 1.82) is 0 Å². The minimum atomic E-state index is 0.334. The number of benzene rings is 1. The van der Waals surface area contributed by atoms with Crippen LogP contribution in [0.4, 0.5) is 0 Å². The maximum absolute atomic E-state index is 5.31. The third kappa shape index (κ3) is 6.05. The van der Waals surface area contributed by atoms with Crippen LogP contribution in [0.25, 0.3) is 11.5 Å². The summed E-state index contributed by atoms with van der Waals surface area (Å²) in [6.45, 7) is 7.48. The van der Waals surface area contributed by atoms with Crippen LogP contribution in [0.5, 0.6) is 0 Å². The number of methoxy groups -OCH3 is 1. The summed E-state index contributed by atoms with van der Waals surface area (Å²) in [7, 11) is 1.78. The van der Waals surface area contributed by atoms with Crippen LogP contribution in [-0.2, 0) is 17.6 Å². The van der Waals surface area contributed by atoms with Gasteiger partial charge in [0.2, 0.25) is 0 Å². The van der Waals surface area contributed by atoms with Gasteiger partial charge in [0.25, 0.3) is 5.89 Å². The standard InChI is InChI=1S/C23H35N5O2/c1-4-20-27-21(30-28-20)19-9-7-18(8-10-19)11-15-25-22(24-5-2)26-17-23(12-6-13-23)14-16-29-3/h7-10H,4-6,11-17H2,1-3H3,(H2,24,25,26). The van der Waals surface area contributed by atoms with Crippen LogP contribution < -0.4 is 10.6 Å². The van der Waals surface area contributed by atoms with Crippen LogP contribution in [0.15, 0.2) is 33.8 Å². The molecule has 0 aliphatic heterocycles. The minimum Gasteiger partial charge on any atom is -0.385 e. The zero-order valence-electron chi connectivity index (χ0n) is 18.5. The lowest BCUT2D eigenvalue weighted by atomic mass is 9.67. The number of rotatable bonds is 11. The smallest absolute Gasteiger partial charge is 0.257 e. The highest BCUT2D eigenvalue weighted by molar-refractivity contribution is 5.79. The van der Waals surface area contributed by atoms with Gasteiger partial charge in [0.15, 0.2) is 11.8 Å². The molecule has 1 saturated carbocycles. The number of guanidine groups is 1. The Morgan fingerprint density at radius 3 is 2.60 bits per heavy atom. The quantitative estimate of drug-likeness (QED) is 0.432. The van der Waals surface area contributed by atoms with E-state index in [0.29, 0.717) is 11.3 Å². The number of aliphatic imine (C=N–C) groups is 1. The van der Waals surface area contributed by atoms with E-state index in [4.69, 9.17) is 14.3 Å². The first-order valence-corrected chi connectivity index (χ1v) is 11.1. The van der Waals surface area contributed by atoms with Crippen molar-refractivity contribution in [1.82, 2.24) is 20.8 Å². The lowest BCUT2D eigenvalue weighted by Gasteiger charge is -2.40. The molecule has 1 aliphatic rings. The van der Waals surface area contributed by atoms with Crippen molar-refractivity contribution in [3.8, 4) is 11.5 Å². The summed E-state index contributed by atoms with van der Waals surface area (Å²) in [5, 5.41) is 10.8. The number of aryl methyl sites for hydroxylation is 1. The number of aromatic nitrogens is 2. The van der Waals surface area contributed by atoms with Gasteiger partial charge in [0.05, 0.1) is 0 Å². The maximum atomic E-state index is 5.31. The van der Waals surface area contributed by atoms with Gasteiger partial charge in [-0.15, -0.1) is 0 Å². The Balaban J connectivity index is 1.50. The van der Waals surface area contributed by atoms with E-state index in [1.165, 1.54) is 24.8 Å². The largest absolute Gasteiger partial charge is 0.385 e. The molecular weight excluding hydrogens is 378 g/mol. The van der Waals surface area contributed by atoms with E-state index in [-0.39, 0.29) is 0 Å². The third-order valence-electron chi connectivity index (χ3n) is 5.86. The van der Waals surface area contributed by atoms with Crippen LogP contribution in [-0.4, -0.2) is 49.5 Å². The van der Waals surface area contributed by atoms with Crippen LogP contribution >= 0.6 is 0 Å². The Kier molecular flexibility index (Phi) is 8.25. The van der Waals surface area contributed by atoms with Gasteiger partial charge in [0, 0.05) is 45.3 Å². The summed E-state index contributed by atoms with van der Waals surface area (Å²) in [5.41, 5.74) is 2.55. The van der Waals surface area contributed by atoms with Gasteiger partial charge in [-0.1, -0.05) is 30.6 Å². The molecule has 0 bridgehead atoms. The molecule has 2 N–H and O–H groups in total. The molecule has 1 fully saturated rings. The van der Waals surface area contributed by atoms with E-state index in [2.05, 4.69) is 39.8 Å². The average molecular weight is 414 g/mol. The molecule has 0 unspecified atom stereocenters. The summed E-state index contributed by atoms with van der Waals surface area (Å²) >= 11 is 0. The number of nitrogens with zero attached hydrogens (tertiary/aromatic N) is 3. The molecule has 0 amide bonds. The Hall–Kier alpha value is -2.41. The predicted molar refractivity (Wildman–Crippen MR) is 120 cm³/mol. The Bertz CT molecular complexity index is 796. The molecule has 1 aliphatic carbocycles. The van der Waals surface area contributed by atoms with Gasteiger partial charge >= 0.3 is 0 Å². The SMILES string of the molecule is CCNC(=NCC1(CCOC)CCC1)NCCc1ccc(-c2nc(CC)no2)cc1. The van der Waals surface area contributed by atoms with Crippen molar-refractivity contribution in [3.63, 3.8) is 0 Å². The highest BCUT2D eigenvalue weighted by Crippen LogP contribution is 2.44. The molecule has 1 aromatic carbocycles. The fourth-order valence-corrected chi connectivity index (χ4v) is 3.73. The molecule has 3 rings (SSSR count). The Morgan fingerprint density at radius 1 is 1.20 bits per heavy atom.